The van der Waals surface area contributed by atoms with Crippen LogP contribution in [0.5, 0.6) is 0 Å². The molecule has 0 aromatic heterocycles. The lowest BCUT2D eigenvalue weighted by Crippen LogP contribution is -2.67. The first-order chi connectivity index (χ1) is 21.3. The zero-order valence-corrected chi connectivity index (χ0v) is 26.2. The molecule has 1 unspecified atom stereocenters. The van der Waals surface area contributed by atoms with E-state index in [4.69, 9.17) is 47.6 Å². The number of likely N-dealkylation sites (N-methyl/N-ethyl adjacent to an activating group) is 1. The Hall–Kier alpha value is -2.00. The summed E-state index contributed by atoms with van der Waals surface area (Å²) in [6.07, 6.45) is -5.39. The summed E-state index contributed by atoms with van der Waals surface area (Å²) >= 11 is 0. The van der Waals surface area contributed by atoms with Crippen LogP contribution in [0.1, 0.15) is 39.0 Å². The van der Waals surface area contributed by atoms with Gasteiger partial charge in [-0.2, -0.15) is 0 Å². The molecule has 2 aliphatic heterocycles. The second-order valence-electron chi connectivity index (χ2n) is 12.3. The molecule has 17 nitrogen and oxygen atoms in total. The normalized spacial score (nSPS) is 37.8. The molecule has 1 saturated heterocycles. The molecule has 3 rings (SSSR count). The summed E-state index contributed by atoms with van der Waals surface area (Å²) in [4.78, 5) is 16.8. The Labute approximate surface area is 263 Å². The third kappa shape index (κ3) is 10.2. The van der Waals surface area contributed by atoms with E-state index in [2.05, 4.69) is 15.6 Å². The fourth-order valence-electron chi connectivity index (χ4n) is 6.00. The van der Waals surface area contributed by atoms with Gasteiger partial charge in [-0.25, -0.2) is 0 Å². The number of nitrogens with one attached hydrogen (secondary N) is 2. The van der Waals surface area contributed by atoms with E-state index in [1.165, 1.54) is 6.92 Å². The highest BCUT2D eigenvalue weighted by Gasteiger charge is 2.51. The highest BCUT2D eigenvalue weighted by atomic mass is 16.7. The SMILES string of the molecule is CN[C@@H]1[C@@H](O)[C@@H](O[C@H]2[C@H](CC(=O)[C@@H](O)CCN=C(N)N)C[C@H](N)C(O[C@H]3OC(CNCCCN)=CC[C@H]3N)[C@@H]2O)OC[C@]1(C)O. The number of hydrogen-bond acceptors (Lipinski definition) is 15. The lowest BCUT2D eigenvalue weighted by atomic mass is 9.76. The molecular weight excluding hydrogens is 592 g/mol. The summed E-state index contributed by atoms with van der Waals surface area (Å²) in [7, 11) is 1.58. The van der Waals surface area contributed by atoms with Crippen molar-refractivity contribution in [3.05, 3.63) is 11.8 Å². The van der Waals surface area contributed by atoms with Crippen LogP contribution in [-0.4, -0.2) is 139 Å². The first-order valence-corrected chi connectivity index (χ1v) is 15.5. The number of hydrogen-bond donors (Lipinski definition) is 11. The van der Waals surface area contributed by atoms with Crippen molar-refractivity contribution < 1.29 is 44.2 Å². The molecule has 2 heterocycles. The number of aliphatic hydroxyl groups excluding tert-OH is 3. The molecule has 260 valence electrons. The lowest BCUT2D eigenvalue weighted by molar-refractivity contribution is -0.308. The highest BCUT2D eigenvalue weighted by molar-refractivity contribution is 5.83. The van der Waals surface area contributed by atoms with E-state index in [1.54, 1.807) is 7.05 Å². The van der Waals surface area contributed by atoms with Gasteiger partial charge in [-0.1, -0.05) is 0 Å². The number of guanidine groups is 1. The average Bonchev–Trinajstić information content (AvgIpc) is 2.97. The third-order valence-electron chi connectivity index (χ3n) is 8.48. The molecule has 0 aromatic rings. The fraction of sp³-hybridized carbons (Fsp3) is 0.857. The number of Topliss-reactive ketones (excluding diaryl/α,β-unsaturated/α-hetero) is 1. The summed E-state index contributed by atoms with van der Waals surface area (Å²) in [5, 5.41) is 50.0. The molecule has 45 heavy (non-hydrogen) atoms. The first kappa shape index (κ1) is 37.5. The van der Waals surface area contributed by atoms with Gasteiger partial charge in [0.2, 0.25) is 6.29 Å². The lowest BCUT2D eigenvalue weighted by Gasteiger charge is -2.48. The van der Waals surface area contributed by atoms with Crippen molar-refractivity contribution in [3.8, 4) is 0 Å². The number of ether oxygens (including phenoxy) is 4. The average molecular weight is 647 g/mol. The molecule has 1 saturated carbocycles. The van der Waals surface area contributed by atoms with Crippen LogP contribution in [0.15, 0.2) is 16.8 Å². The van der Waals surface area contributed by atoms with Crippen molar-refractivity contribution in [2.45, 2.75) is 106 Å². The summed E-state index contributed by atoms with van der Waals surface area (Å²) in [6, 6.07) is -2.13. The Balaban J connectivity index is 1.77. The molecule has 0 amide bonds. The van der Waals surface area contributed by atoms with Crippen molar-refractivity contribution in [3.63, 3.8) is 0 Å². The quantitative estimate of drug-likeness (QED) is 0.0427. The fourth-order valence-corrected chi connectivity index (χ4v) is 6.00. The molecule has 0 radical (unpaired) electrons. The number of rotatable bonds is 16. The standard InChI is InChI=1S/C28H54N8O9/c1-28(41)13-42-26(21(40)24(28)34-2)44-22-14(11-19(38)18(37)6-9-36-27(32)33)10-17(31)23(20(22)39)45-25-16(30)5-4-15(43-25)12-35-8-3-7-29/h4,14,16-18,20-26,34-35,37,39-41H,3,5-13,29-31H2,1-2H3,(H4,32,33,36)/t14-,16+,17-,18-,20+,21+,22-,23?,24+,25+,26+,28-/m0/s1. The van der Waals surface area contributed by atoms with Crippen LogP contribution in [-0.2, 0) is 23.7 Å². The largest absolute Gasteiger partial charge is 0.467 e. The smallest absolute Gasteiger partial charge is 0.215 e. The van der Waals surface area contributed by atoms with Crippen LogP contribution in [0.3, 0.4) is 0 Å². The molecule has 0 aromatic carbocycles. The molecule has 12 atom stereocenters. The Morgan fingerprint density at radius 3 is 2.56 bits per heavy atom. The van der Waals surface area contributed by atoms with E-state index in [1.807, 2.05) is 6.08 Å². The first-order valence-electron chi connectivity index (χ1n) is 15.5. The van der Waals surface area contributed by atoms with Gasteiger partial charge in [-0.05, 0) is 58.3 Å². The second-order valence-corrected chi connectivity index (χ2v) is 12.3. The maximum Gasteiger partial charge on any atom is 0.215 e. The number of aliphatic imine (C=N–C) groups is 1. The van der Waals surface area contributed by atoms with Crippen molar-refractivity contribution in [2.24, 2.45) is 39.6 Å². The topological polar surface area (TPSA) is 301 Å². The van der Waals surface area contributed by atoms with Crippen molar-refractivity contribution in [1.29, 1.82) is 0 Å². The van der Waals surface area contributed by atoms with Gasteiger partial charge in [0.25, 0.3) is 0 Å². The minimum atomic E-state index is -1.41. The van der Waals surface area contributed by atoms with Gasteiger partial charge in [0.1, 0.15) is 35.8 Å². The molecule has 17 heteroatoms. The van der Waals surface area contributed by atoms with Gasteiger partial charge < -0.3 is 78.7 Å². The minimum absolute atomic E-state index is 0.00740. The Morgan fingerprint density at radius 1 is 1.18 bits per heavy atom. The predicted octanol–water partition coefficient (Wildman–Crippen LogP) is -4.60. The Bertz CT molecular complexity index is 1000. The second kappa shape index (κ2) is 17.2. The summed E-state index contributed by atoms with van der Waals surface area (Å²) in [5.74, 6) is -0.747. The van der Waals surface area contributed by atoms with Crippen molar-refractivity contribution >= 4 is 11.7 Å². The number of aliphatic hydroxyl groups is 4. The van der Waals surface area contributed by atoms with Crippen molar-refractivity contribution in [1.82, 2.24) is 10.6 Å². The number of carbonyl (C=O) groups is 1. The number of ketones is 1. The van der Waals surface area contributed by atoms with Gasteiger partial charge in [0.05, 0.1) is 31.3 Å². The summed E-state index contributed by atoms with van der Waals surface area (Å²) < 4.78 is 24.1. The molecule has 0 bridgehead atoms. The highest BCUT2D eigenvalue weighted by Crippen LogP contribution is 2.36. The van der Waals surface area contributed by atoms with E-state index >= 15 is 0 Å². The van der Waals surface area contributed by atoms with Crippen LogP contribution in [0.4, 0.5) is 0 Å². The molecule has 2 fully saturated rings. The zero-order valence-electron chi connectivity index (χ0n) is 26.2. The number of carbonyl (C=O) groups excluding carboxylic acids is 1. The van der Waals surface area contributed by atoms with Gasteiger partial charge in [0.15, 0.2) is 18.0 Å². The maximum absolute atomic E-state index is 13.0. The summed E-state index contributed by atoms with van der Waals surface area (Å²) in [5.41, 5.74) is 27.6. The van der Waals surface area contributed by atoms with E-state index in [9.17, 15) is 25.2 Å². The summed E-state index contributed by atoms with van der Waals surface area (Å²) in [6.45, 7) is 3.11. The van der Waals surface area contributed by atoms with Gasteiger partial charge in [-0.15, -0.1) is 0 Å². The van der Waals surface area contributed by atoms with Crippen LogP contribution >= 0.6 is 0 Å². The number of nitrogens with two attached hydrogens (primary N) is 5. The van der Waals surface area contributed by atoms with E-state index in [0.717, 1.165) is 6.42 Å². The Morgan fingerprint density at radius 2 is 1.89 bits per heavy atom. The van der Waals surface area contributed by atoms with Crippen LogP contribution in [0, 0.1) is 5.92 Å². The third-order valence-corrected chi connectivity index (χ3v) is 8.48. The number of nitrogens with zero attached hydrogens (tertiary/aromatic N) is 1. The van der Waals surface area contributed by atoms with Gasteiger partial charge in [-0.3, -0.25) is 9.79 Å². The van der Waals surface area contributed by atoms with Crippen LogP contribution < -0.4 is 39.3 Å². The molecule has 16 N–H and O–H groups in total. The molecular formula is C28H54N8O9. The maximum atomic E-state index is 13.0. The molecule has 1 aliphatic carbocycles. The van der Waals surface area contributed by atoms with Crippen LogP contribution in [0.25, 0.3) is 0 Å². The van der Waals surface area contributed by atoms with Gasteiger partial charge in [0, 0.05) is 25.4 Å². The van der Waals surface area contributed by atoms with Crippen molar-refractivity contribution in [2.75, 3.05) is 39.8 Å². The Kier molecular flexibility index (Phi) is 14.3. The predicted molar refractivity (Wildman–Crippen MR) is 164 cm³/mol. The van der Waals surface area contributed by atoms with E-state index < -0.39 is 78.5 Å². The zero-order chi connectivity index (χ0) is 33.3. The van der Waals surface area contributed by atoms with Gasteiger partial charge >= 0.3 is 0 Å². The van der Waals surface area contributed by atoms with Crippen LogP contribution in [0.2, 0.25) is 0 Å². The van der Waals surface area contributed by atoms with E-state index in [-0.39, 0.29) is 38.4 Å². The van der Waals surface area contributed by atoms with E-state index in [0.29, 0.717) is 31.8 Å². The molecule has 3 aliphatic rings. The minimum Gasteiger partial charge on any atom is -0.467 e. The molecule has 0 spiro atoms. The monoisotopic (exact) mass is 646 g/mol.